The third-order valence-corrected chi connectivity index (χ3v) is 2.79. The van der Waals surface area contributed by atoms with Gasteiger partial charge in [0.25, 0.3) is 0 Å². The van der Waals surface area contributed by atoms with Gasteiger partial charge in [0, 0.05) is 14.0 Å². The maximum atomic E-state index is 11.0. The molecule has 0 bridgehead atoms. The van der Waals surface area contributed by atoms with Crippen molar-refractivity contribution in [3.05, 3.63) is 0 Å². The lowest BCUT2D eigenvalue weighted by Gasteiger charge is -2.42. The van der Waals surface area contributed by atoms with Gasteiger partial charge in [-0.3, -0.25) is 4.79 Å². The van der Waals surface area contributed by atoms with E-state index in [1.807, 2.05) is 0 Å². The Hall–Kier alpha value is -0.690. The summed E-state index contributed by atoms with van der Waals surface area (Å²) in [6, 6.07) is -0.416. The summed E-state index contributed by atoms with van der Waals surface area (Å²) in [5, 5.41) is 21.6. The number of carbonyl (C=O) groups excluding carboxylic acids is 1. The Labute approximate surface area is 94.5 Å². The van der Waals surface area contributed by atoms with Gasteiger partial charge in [0.1, 0.15) is 18.3 Å². The smallest absolute Gasteiger partial charge is 0.217 e. The molecule has 1 aliphatic heterocycles. The first-order chi connectivity index (χ1) is 7.51. The van der Waals surface area contributed by atoms with Crippen molar-refractivity contribution in [2.45, 2.75) is 44.3 Å². The van der Waals surface area contributed by atoms with Crippen LogP contribution in [0, 0.1) is 0 Å². The number of carbonyl (C=O) groups is 1. The van der Waals surface area contributed by atoms with Crippen LogP contribution in [0.4, 0.5) is 0 Å². The van der Waals surface area contributed by atoms with Crippen LogP contribution in [0.15, 0.2) is 0 Å². The zero-order chi connectivity index (χ0) is 12.3. The minimum atomic E-state index is -0.956. The third kappa shape index (κ3) is 2.70. The average Bonchev–Trinajstić information content (AvgIpc) is 2.23. The van der Waals surface area contributed by atoms with Crippen LogP contribution >= 0.6 is 0 Å². The highest BCUT2D eigenvalue weighted by Gasteiger charge is 2.43. The van der Waals surface area contributed by atoms with Gasteiger partial charge in [-0.25, -0.2) is 0 Å². The monoisotopic (exact) mass is 233 g/mol. The van der Waals surface area contributed by atoms with Crippen LogP contribution in [-0.2, 0) is 14.3 Å². The lowest BCUT2D eigenvalue weighted by molar-refractivity contribution is -0.197. The van der Waals surface area contributed by atoms with Crippen molar-refractivity contribution in [1.29, 1.82) is 0 Å². The van der Waals surface area contributed by atoms with E-state index in [9.17, 15) is 9.90 Å². The fourth-order valence-corrected chi connectivity index (χ4v) is 2.00. The second kappa shape index (κ2) is 5.58. The van der Waals surface area contributed by atoms with E-state index in [2.05, 4.69) is 5.32 Å². The summed E-state index contributed by atoms with van der Waals surface area (Å²) in [5.74, 6) is -0.211. The molecule has 0 saturated carbocycles. The van der Waals surface area contributed by atoms with E-state index in [0.717, 1.165) is 0 Å². The molecule has 1 fully saturated rings. The van der Waals surface area contributed by atoms with Crippen molar-refractivity contribution in [2.75, 3.05) is 13.7 Å². The minimum Gasteiger partial charge on any atom is -0.394 e. The molecule has 1 rings (SSSR count). The topological polar surface area (TPSA) is 88.0 Å². The van der Waals surface area contributed by atoms with Crippen LogP contribution in [0.3, 0.4) is 0 Å². The van der Waals surface area contributed by atoms with Gasteiger partial charge in [-0.15, -0.1) is 0 Å². The molecule has 1 saturated heterocycles. The SMILES string of the molecule is COC1C(NC(C)=O)[C@H](C)OC(CO)[C@H]1O. The van der Waals surface area contributed by atoms with Gasteiger partial charge >= 0.3 is 0 Å². The Balaban J connectivity index is 2.78. The summed E-state index contributed by atoms with van der Waals surface area (Å²) in [7, 11) is 1.45. The fourth-order valence-electron chi connectivity index (χ4n) is 2.00. The second-order valence-corrected chi connectivity index (χ2v) is 3.98. The van der Waals surface area contributed by atoms with E-state index >= 15 is 0 Å². The standard InChI is InChI=1S/C10H19NO5/c1-5-8(11-6(2)13)10(15-3)9(14)7(4-12)16-5/h5,7-10,12,14H,4H2,1-3H3,(H,11,13)/t5-,7?,8?,9+,10?/m0/s1. The van der Waals surface area contributed by atoms with Gasteiger partial charge < -0.3 is 25.0 Å². The number of aliphatic hydroxyl groups excluding tert-OH is 2. The lowest BCUT2D eigenvalue weighted by atomic mass is 9.93. The first-order valence-corrected chi connectivity index (χ1v) is 5.25. The first-order valence-electron chi connectivity index (χ1n) is 5.25. The van der Waals surface area contributed by atoms with Gasteiger partial charge in [0.05, 0.1) is 18.8 Å². The van der Waals surface area contributed by atoms with Crippen LogP contribution in [-0.4, -0.2) is 60.3 Å². The summed E-state index contributed by atoms with van der Waals surface area (Å²) in [6.07, 6.45) is -2.53. The number of hydrogen-bond donors (Lipinski definition) is 3. The normalized spacial score (nSPS) is 39.4. The van der Waals surface area contributed by atoms with E-state index in [0.29, 0.717) is 0 Å². The molecule has 0 radical (unpaired) electrons. The number of methoxy groups -OCH3 is 1. The van der Waals surface area contributed by atoms with Crippen LogP contribution in [0.2, 0.25) is 0 Å². The summed E-state index contributed by atoms with van der Waals surface area (Å²) in [4.78, 5) is 11.0. The van der Waals surface area contributed by atoms with Crippen LogP contribution < -0.4 is 5.32 Å². The van der Waals surface area contributed by atoms with E-state index in [1.54, 1.807) is 6.92 Å². The highest BCUT2D eigenvalue weighted by molar-refractivity contribution is 5.73. The molecule has 16 heavy (non-hydrogen) atoms. The molecule has 0 aromatic heterocycles. The van der Waals surface area contributed by atoms with Crippen molar-refractivity contribution >= 4 is 5.91 Å². The van der Waals surface area contributed by atoms with Gasteiger partial charge in [-0.1, -0.05) is 0 Å². The van der Waals surface area contributed by atoms with Gasteiger partial charge in [-0.2, -0.15) is 0 Å². The largest absolute Gasteiger partial charge is 0.394 e. The molecular weight excluding hydrogens is 214 g/mol. The van der Waals surface area contributed by atoms with Crippen molar-refractivity contribution < 1.29 is 24.5 Å². The predicted octanol–water partition coefficient (Wildman–Crippen LogP) is -1.35. The molecule has 1 amide bonds. The molecule has 5 atom stereocenters. The minimum absolute atomic E-state index is 0.211. The van der Waals surface area contributed by atoms with Gasteiger partial charge in [-0.05, 0) is 6.92 Å². The molecule has 3 unspecified atom stereocenters. The Morgan fingerprint density at radius 1 is 1.56 bits per heavy atom. The lowest BCUT2D eigenvalue weighted by Crippen LogP contribution is -2.63. The van der Waals surface area contributed by atoms with E-state index < -0.39 is 24.4 Å². The Bertz CT molecular complexity index is 247. The van der Waals surface area contributed by atoms with E-state index in [1.165, 1.54) is 14.0 Å². The molecule has 1 aliphatic rings. The maximum absolute atomic E-state index is 11.0. The molecule has 6 heteroatoms. The second-order valence-electron chi connectivity index (χ2n) is 3.98. The summed E-state index contributed by atoms with van der Waals surface area (Å²) >= 11 is 0. The van der Waals surface area contributed by atoms with E-state index in [-0.39, 0.29) is 18.6 Å². The molecule has 3 N–H and O–H groups in total. The zero-order valence-corrected chi connectivity index (χ0v) is 9.71. The summed E-state index contributed by atoms with van der Waals surface area (Å²) in [6.45, 7) is 2.88. The Morgan fingerprint density at radius 2 is 2.19 bits per heavy atom. The molecule has 6 nitrogen and oxygen atoms in total. The van der Waals surface area contributed by atoms with Crippen LogP contribution in [0.25, 0.3) is 0 Å². The number of amides is 1. The average molecular weight is 233 g/mol. The molecule has 0 aliphatic carbocycles. The molecule has 0 aromatic rings. The number of ether oxygens (including phenoxy) is 2. The molecule has 1 heterocycles. The maximum Gasteiger partial charge on any atom is 0.217 e. The number of nitrogens with one attached hydrogen (secondary N) is 1. The summed E-state index contributed by atoms with van der Waals surface area (Å²) < 4.78 is 10.6. The fraction of sp³-hybridized carbons (Fsp3) is 0.900. The molecular formula is C10H19NO5. The van der Waals surface area contributed by atoms with Crippen molar-refractivity contribution in [3.63, 3.8) is 0 Å². The predicted molar refractivity (Wildman–Crippen MR) is 55.8 cm³/mol. The highest BCUT2D eigenvalue weighted by Crippen LogP contribution is 2.22. The Morgan fingerprint density at radius 3 is 2.62 bits per heavy atom. The number of hydrogen-bond acceptors (Lipinski definition) is 5. The van der Waals surface area contributed by atoms with E-state index in [4.69, 9.17) is 14.6 Å². The molecule has 0 aromatic carbocycles. The molecule has 0 spiro atoms. The summed E-state index contributed by atoms with van der Waals surface area (Å²) in [5.41, 5.74) is 0. The van der Waals surface area contributed by atoms with Crippen molar-refractivity contribution in [1.82, 2.24) is 5.32 Å². The quantitative estimate of drug-likeness (QED) is 0.561. The van der Waals surface area contributed by atoms with Crippen LogP contribution in [0.1, 0.15) is 13.8 Å². The number of aliphatic hydroxyl groups is 2. The Kier molecular flexibility index (Phi) is 4.67. The first kappa shape index (κ1) is 13.4. The zero-order valence-electron chi connectivity index (χ0n) is 9.71. The highest BCUT2D eigenvalue weighted by atomic mass is 16.5. The van der Waals surface area contributed by atoms with Gasteiger partial charge in [0.2, 0.25) is 5.91 Å². The van der Waals surface area contributed by atoms with Crippen molar-refractivity contribution in [3.8, 4) is 0 Å². The molecule has 94 valence electrons. The van der Waals surface area contributed by atoms with Gasteiger partial charge in [0.15, 0.2) is 0 Å². The number of rotatable bonds is 3. The van der Waals surface area contributed by atoms with Crippen LogP contribution in [0.5, 0.6) is 0 Å². The van der Waals surface area contributed by atoms with Crippen molar-refractivity contribution in [2.24, 2.45) is 0 Å². The third-order valence-electron chi connectivity index (χ3n) is 2.79.